The SMILES string of the molecule is Cc1ccc2c(c1)[C@@H](c1ccccc1)C[C@@H](C)N2C(=O)c1cccc(I)c1. The number of carbonyl (C=O) groups is 1. The van der Waals surface area contributed by atoms with Crippen molar-refractivity contribution in [2.45, 2.75) is 32.2 Å². The summed E-state index contributed by atoms with van der Waals surface area (Å²) in [6.07, 6.45) is 0.927. The summed E-state index contributed by atoms with van der Waals surface area (Å²) < 4.78 is 1.08. The number of hydrogen-bond acceptors (Lipinski definition) is 1. The van der Waals surface area contributed by atoms with Gasteiger partial charge in [-0.1, -0.05) is 54.1 Å². The van der Waals surface area contributed by atoms with Crippen LogP contribution in [0.2, 0.25) is 0 Å². The molecule has 136 valence electrons. The summed E-state index contributed by atoms with van der Waals surface area (Å²) in [5, 5.41) is 0. The van der Waals surface area contributed by atoms with E-state index in [0.29, 0.717) is 5.92 Å². The van der Waals surface area contributed by atoms with Gasteiger partial charge >= 0.3 is 0 Å². The Morgan fingerprint density at radius 2 is 1.78 bits per heavy atom. The first-order chi connectivity index (χ1) is 13.0. The van der Waals surface area contributed by atoms with Crippen LogP contribution in [0.25, 0.3) is 0 Å². The van der Waals surface area contributed by atoms with E-state index in [1.165, 1.54) is 16.7 Å². The second-order valence-corrected chi connectivity index (χ2v) is 8.54. The largest absolute Gasteiger partial charge is 0.305 e. The molecule has 1 aliphatic heterocycles. The summed E-state index contributed by atoms with van der Waals surface area (Å²) in [4.78, 5) is 15.4. The second-order valence-electron chi connectivity index (χ2n) is 7.30. The molecule has 2 atom stereocenters. The molecule has 4 rings (SSSR count). The van der Waals surface area contributed by atoms with Gasteiger partial charge in [0.05, 0.1) is 0 Å². The van der Waals surface area contributed by atoms with Gasteiger partial charge in [0, 0.05) is 26.8 Å². The standard InChI is InChI=1S/C24H22INO/c1-16-11-12-23-22(13-16)21(18-7-4-3-5-8-18)14-17(2)26(23)24(27)19-9-6-10-20(25)15-19/h3-13,15,17,21H,14H2,1-2H3/t17-,21-/m1/s1. The molecule has 0 bridgehead atoms. The monoisotopic (exact) mass is 467 g/mol. The third-order valence-corrected chi connectivity index (χ3v) is 6.00. The number of amides is 1. The maximum Gasteiger partial charge on any atom is 0.258 e. The molecule has 0 saturated carbocycles. The lowest BCUT2D eigenvalue weighted by molar-refractivity contribution is 0.0974. The molecule has 2 nitrogen and oxygen atoms in total. The van der Waals surface area contributed by atoms with Crippen molar-refractivity contribution in [2.24, 2.45) is 0 Å². The van der Waals surface area contributed by atoms with Gasteiger partial charge in [0.15, 0.2) is 0 Å². The second kappa shape index (κ2) is 7.47. The van der Waals surface area contributed by atoms with Crippen LogP contribution in [-0.4, -0.2) is 11.9 Å². The van der Waals surface area contributed by atoms with Crippen molar-refractivity contribution in [3.8, 4) is 0 Å². The number of halogens is 1. The third kappa shape index (κ3) is 3.53. The van der Waals surface area contributed by atoms with E-state index in [4.69, 9.17) is 0 Å². The Balaban J connectivity index is 1.81. The number of aryl methyl sites for hydroxylation is 1. The highest BCUT2D eigenvalue weighted by molar-refractivity contribution is 14.1. The molecule has 1 heterocycles. The Kier molecular flexibility index (Phi) is 5.04. The van der Waals surface area contributed by atoms with Crippen LogP contribution in [0.5, 0.6) is 0 Å². The van der Waals surface area contributed by atoms with Crippen LogP contribution in [-0.2, 0) is 0 Å². The van der Waals surface area contributed by atoms with Crippen LogP contribution in [0.1, 0.15) is 46.3 Å². The number of anilines is 1. The molecule has 3 heteroatoms. The van der Waals surface area contributed by atoms with E-state index in [1.807, 2.05) is 29.2 Å². The van der Waals surface area contributed by atoms with E-state index in [1.54, 1.807) is 0 Å². The summed E-state index contributed by atoms with van der Waals surface area (Å²) >= 11 is 2.26. The third-order valence-electron chi connectivity index (χ3n) is 5.33. The topological polar surface area (TPSA) is 20.3 Å². The maximum absolute atomic E-state index is 13.4. The molecular formula is C24H22INO. The van der Waals surface area contributed by atoms with Gasteiger partial charge in [0.1, 0.15) is 0 Å². The number of hydrogen-bond donors (Lipinski definition) is 0. The normalized spacial score (nSPS) is 18.9. The number of carbonyl (C=O) groups excluding carboxylic acids is 1. The quantitative estimate of drug-likeness (QED) is 0.413. The smallest absolute Gasteiger partial charge is 0.258 e. The Bertz CT molecular complexity index is 983. The molecule has 0 N–H and O–H groups in total. The van der Waals surface area contributed by atoms with Gasteiger partial charge in [-0.25, -0.2) is 0 Å². The molecule has 0 aromatic heterocycles. The maximum atomic E-state index is 13.4. The van der Waals surface area contributed by atoms with Crippen molar-refractivity contribution in [1.82, 2.24) is 0 Å². The molecule has 0 fully saturated rings. The highest BCUT2D eigenvalue weighted by Gasteiger charge is 2.34. The van der Waals surface area contributed by atoms with E-state index in [2.05, 4.69) is 85.0 Å². The summed E-state index contributed by atoms with van der Waals surface area (Å²) in [5.41, 5.74) is 5.58. The summed E-state index contributed by atoms with van der Waals surface area (Å²) in [5.74, 6) is 0.397. The molecule has 0 radical (unpaired) electrons. The Morgan fingerprint density at radius 3 is 2.52 bits per heavy atom. The van der Waals surface area contributed by atoms with Crippen LogP contribution >= 0.6 is 22.6 Å². The minimum atomic E-state index is 0.0811. The molecule has 1 amide bonds. The van der Waals surface area contributed by atoms with Gasteiger partial charge in [0.25, 0.3) is 5.91 Å². The fourth-order valence-corrected chi connectivity index (χ4v) is 4.60. The van der Waals surface area contributed by atoms with Crippen LogP contribution in [0.4, 0.5) is 5.69 Å². The van der Waals surface area contributed by atoms with Gasteiger partial charge < -0.3 is 4.90 Å². The van der Waals surface area contributed by atoms with Crippen molar-refractivity contribution in [3.05, 3.63) is 98.6 Å². The Hall–Kier alpha value is -2.14. The first-order valence-corrected chi connectivity index (χ1v) is 10.4. The van der Waals surface area contributed by atoms with Crippen molar-refractivity contribution in [3.63, 3.8) is 0 Å². The fourth-order valence-electron chi connectivity index (χ4n) is 4.05. The van der Waals surface area contributed by atoms with E-state index in [-0.39, 0.29) is 11.9 Å². The summed E-state index contributed by atoms with van der Waals surface area (Å²) in [6.45, 7) is 4.27. The van der Waals surface area contributed by atoms with E-state index < -0.39 is 0 Å². The molecular weight excluding hydrogens is 445 g/mol. The highest BCUT2D eigenvalue weighted by atomic mass is 127. The highest BCUT2D eigenvalue weighted by Crippen LogP contribution is 2.43. The number of fused-ring (bicyclic) bond motifs is 1. The molecule has 27 heavy (non-hydrogen) atoms. The minimum Gasteiger partial charge on any atom is -0.305 e. The molecule has 0 spiro atoms. The van der Waals surface area contributed by atoms with Crippen LogP contribution in [0.15, 0.2) is 72.8 Å². The molecule has 3 aromatic rings. The first kappa shape index (κ1) is 18.2. The summed E-state index contributed by atoms with van der Waals surface area (Å²) in [6, 6.07) is 25.1. The minimum absolute atomic E-state index is 0.0811. The number of rotatable bonds is 2. The van der Waals surface area contributed by atoms with Gasteiger partial charge in [0.2, 0.25) is 0 Å². The molecule has 3 aromatic carbocycles. The predicted octanol–water partition coefficient (Wildman–Crippen LogP) is 6.17. The number of benzene rings is 3. The predicted molar refractivity (Wildman–Crippen MR) is 120 cm³/mol. The Labute approximate surface area is 174 Å². The van der Waals surface area contributed by atoms with Crippen molar-refractivity contribution in [1.29, 1.82) is 0 Å². The zero-order valence-electron chi connectivity index (χ0n) is 15.5. The lowest BCUT2D eigenvalue weighted by Crippen LogP contribution is -2.43. The fraction of sp³-hybridized carbons (Fsp3) is 0.208. The van der Waals surface area contributed by atoms with Gasteiger partial charge in [-0.3, -0.25) is 4.79 Å². The molecule has 0 unspecified atom stereocenters. The zero-order valence-corrected chi connectivity index (χ0v) is 17.7. The average molecular weight is 467 g/mol. The zero-order chi connectivity index (χ0) is 19.0. The van der Waals surface area contributed by atoms with Crippen molar-refractivity contribution >= 4 is 34.2 Å². The lowest BCUT2D eigenvalue weighted by atomic mass is 9.80. The van der Waals surface area contributed by atoms with Crippen LogP contribution in [0, 0.1) is 10.5 Å². The Morgan fingerprint density at radius 1 is 1.00 bits per heavy atom. The van der Waals surface area contributed by atoms with Crippen molar-refractivity contribution in [2.75, 3.05) is 4.90 Å². The van der Waals surface area contributed by atoms with Crippen molar-refractivity contribution < 1.29 is 4.79 Å². The molecule has 0 aliphatic carbocycles. The molecule has 0 saturated heterocycles. The van der Waals surface area contributed by atoms with Gasteiger partial charge in [-0.05, 0) is 78.3 Å². The van der Waals surface area contributed by atoms with E-state index >= 15 is 0 Å². The lowest BCUT2D eigenvalue weighted by Gasteiger charge is -2.40. The first-order valence-electron chi connectivity index (χ1n) is 9.29. The van der Waals surface area contributed by atoms with Gasteiger partial charge in [-0.15, -0.1) is 0 Å². The van der Waals surface area contributed by atoms with Crippen LogP contribution in [0.3, 0.4) is 0 Å². The molecule has 1 aliphatic rings. The summed E-state index contributed by atoms with van der Waals surface area (Å²) in [7, 11) is 0. The van der Waals surface area contributed by atoms with Gasteiger partial charge in [-0.2, -0.15) is 0 Å². The van der Waals surface area contributed by atoms with Crippen LogP contribution < -0.4 is 4.90 Å². The van der Waals surface area contributed by atoms with E-state index in [9.17, 15) is 4.79 Å². The average Bonchev–Trinajstić information content (AvgIpc) is 2.68. The van der Waals surface area contributed by atoms with E-state index in [0.717, 1.165) is 21.2 Å². The number of nitrogens with zero attached hydrogens (tertiary/aromatic N) is 1.